The number of anilines is 1. The zero-order chi connectivity index (χ0) is 45.1. The maximum Gasteiger partial charge on any atom is 0.312 e. The fourth-order valence-electron chi connectivity index (χ4n) is 7.60. The van der Waals surface area contributed by atoms with Crippen LogP contribution < -0.4 is 15.5 Å². The van der Waals surface area contributed by atoms with E-state index in [9.17, 15) is 44.7 Å². The van der Waals surface area contributed by atoms with Crippen molar-refractivity contribution in [1.29, 1.82) is 0 Å². The van der Waals surface area contributed by atoms with E-state index in [1.807, 2.05) is 0 Å². The van der Waals surface area contributed by atoms with E-state index < -0.39 is 106 Å². The summed E-state index contributed by atoms with van der Waals surface area (Å²) in [6.07, 6.45) is 6.93. The van der Waals surface area contributed by atoms with Crippen LogP contribution in [0, 0.1) is 30.6 Å². The Labute approximate surface area is 352 Å². The van der Waals surface area contributed by atoms with Crippen molar-refractivity contribution in [3.8, 4) is 23.0 Å². The highest BCUT2D eigenvalue weighted by molar-refractivity contribution is 6.24. The van der Waals surface area contributed by atoms with Crippen molar-refractivity contribution < 1.29 is 63.7 Å². The van der Waals surface area contributed by atoms with Gasteiger partial charge in [-0.25, -0.2) is 5.43 Å². The molecule has 3 aliphatic rings. The summed E-state index contributed by atoms with van der Waals surface area (Å²) in [6.45, 7) is 12.2. The number of phenolic OH excluding ortho intramolecular Hbond substituents is 3. The predicted molar refractivity (Wildman–Crippen MR) is 223 cm³/mol. The van der Waals surface area contributed by atoms with Crippen molar-refractivity contribution >= 4 is 46.2 Å². The molecule has 5 bridgehead atoms. The Morgan fingerprint density at radius 1 is 0.951 bits per heavy atom. The second-order valence-electron chi connectivity index (χ2n) is 15.6. The zero-order valence-corrected chi connectivity index (χ0v) is 35.3. The molecule has 0 saturated heterocycles. The molecule has 2 aromatic carbocycles. The lowest BCUT2D eigenvalue weighted by Gasteiger charge is -2.38. The molecule has 0 radical (unpaired) electrons. The number of hydrogen-bond acceptors (Lipinski definition) is 15. The number of Topliss-reactive ketones (excluding diaryl/α,β-unsaturated/α-hetero) is 1. The molecule has 326 valence electrons. The third kappa shape index (κ3) is 9.08. The van der Waals surface area contributed by atoms with Crippen LogP contribution >= 0.6 is 0 Å². The number of phenols is 3. The van der Waals surface area contributed by atoms with Gasteiger partial charge in [0.2, 0.25) is 0 Å². The summed E-state index contributed by atoms with van der Waals surface area (Å²) >= 11 is 0. The number of aliphatic hydroxyl groups excluding tert-OH is 2. The van der Waals surface area contributed by atoms with Gasteiger partial charge >= 0.3 is 11.8 Å². The number of allylic oxidation sites excluding steroid dienone is 2. The molecular formula is C44H52N4O13. The number of carbonyl (C=O) groups is 4. The van der Waals surface area contributed by atoms with E-state index in [4.69, 9.17) is 18.9 Å². The van der Waals surface area contributed by atoms with E-state index in [-0.39, 0.29) is 39.0 Å². The summed E-state index contributed by atoms with van der Waals surface area (Å²) in [5.41, 5.74) is 1.50. The third-order valence-corrected chi connectivity index (χ3v) is 11.3. The molecule has 7 N–H and O–H groups in total. The zero-order valence-electron chi connectivity index (χ0n) is 35.3. The lowest BCUT2D eigenvalue weighted by atomic mass is 9.78. The average molecular weight is 845 g/mol. The van der Waals surface area contributed by atoms with Crippen molar-refractivity contribution in [1.82, 2.24) is 10.4 Å². The largest absolute Gasteiger partial charge is 0.507 e. The number of nitrogens with one attached hydrogen (secondary N) is 2. The summed E-state index contributed by atoms with van der Waals surface area (Å²) < 4.78 is 23.5. The first kappa shape index (κ1) is 45.8. The maximum absolute atomic E-state index is 14.4. The first-order valence-corrected chi connectivity index (χ1v) is 19.6. The molecule has 9 atom stereocenters. The Bertz CT molecular complexity index is 2320. The minimum absolute atomic E-state index is 0.0115. The molecule has 9 unspecified atom stereocenters. The number of pyridine rings is 1. The van der Waals surface area contributed by atoms with E-state index in [2.05, 4.69) is 20.8 Å². The standard InChI is InChI=1S/C44H52N4O13/c1-20-11-10-12-21(2)42(56)47-33-28(19-46-48-43(57)27-13-16-45-17-14-27)37(53)30-31(38(33)54)36(52)25(6)40-32(30)41(55)44(8,61-40)59-18-15-29(58-9)22(3)39(60-26(7)49)24(5)35(51)23(4)34(20)50/h10-20,22-24,29,34-35,39,50-54H,1-9H3,(H,47,56)(H,48,57). The van der Waals surface area contributed by atoms with Crippen molar-refractivity contribution in [2.45, 2.75) is 85.6 Å². The van der Waals surface area contributed by atoms with Gasteiger partial charge in [-0.1, -0.05) is 45.9 Å². The molecule has 6 rings (SSSR count). The van der Waals surface area contributed by atoms with Gasteiger partial charge in [0.1, 0.15) is 23.4 Å². The SMILES string of the molecule is COC1C=COC2(C)Oc3c(C)c(O)c4c(O)c(c(C=NNC(=O)c5ccncc5)c(O)c4c3C2=O)NC(=O)C(C)=CC=CC(C)C(O)C(C)C(O)C(C)C(OC(C)=O)C1C. The molecule has 0 saturated carbocycles. The number of methoxy groups -OCH3 is 1. The molecule has 0 spiro atoms. The number of amides is 2. The lowest BCUT2D eigenvalue weighted by molar-refractivity contribution is -0.160. The number of ketones is 1. The van der Waals surface area contributed by atoms with Crippen molar-refractivity contribution in [2.75, 3.05) is 12.4 Å². The maximum atomic E-state index is 14.4. The van der Waals surface area contributed by atoms with Gasteiger partial charge in [-0.05, 0) is 32.1 Å². The highest BCUT2D eigenvalue weighted by Crippen LogP contribution is 2.55. The topological polar surface area (TPSA) is 256 Å². The number of nitrogens with zero attached hydrogens (tertiary/aromatic N) is 2. The normalized spacial score (nSPS) is 27.4. The number of hydrazone groups is 1. The van der Waals surface area contributed by atoms with Crippen LogP contribution in [0.15, 0.2) is 65.8 Å². The van der Waals surface area contributed by atoms with Gasteiger partial charge < -0.3 is 49.8 Å². The molecule has 4 heterocycles. The lowest BCUT2D eigenvalue weighted by Crippen LogP contribution is -2.46. The molecule has 17 heteroatoms. The summed E-state index contributed by atoms with van der Waals surface area (Å²) in [5.74, 6) is -9.87. The van der Waals surface area contributed by atoms with Crippen LogP contribution in [0.5, 0.6) is 23.0 Å². The highest BCUT2D eigenvalue weighted by Gasteiger charge is 2.50. The van der Waals surface area contributed by atoms with E-state index in [0.717, 1.165) is 12.5 Å². The molecule has 2 amide bonds. The van der Waals surface area contributed by atoms with Crippen molar-refractivity contribution in [3.63, 3.8) is 0 Å². The Morgan fingerprint density at radius 3 is 2.26 bits per heavy atom. The van der Waals surface area contributed by atoms with Gasteiger partial charge in [-0.3, -0.25) is 24.2 Å². The smallest absolute Gasteiger partial charge is 0.312 e. The van der Waals surface area contributed by atoms with E-state index in [1.165, 1.54) is 77.6 Å². The summed E-state index contributed by atoms with van der Waals surface area (Å²) in [6, 6.07) is 2.87. The fraction of sp³-hybridized carbons (Fsp3) is 0.409. The van der Waals surface area contributed by atoms with Crippen molar-refractivity contribution in [3.05, 3.63) is 82.9 Å². The van der Waals surface area contributed by atoms with Gasteiger partial charge in [-0.15, -0.1) is 0 Å². The quantitative estimate of drug-likeness (QED) is 0.0592. The van der Waals surface area contributed by atoms with Crippen LogP contribution in [0.2, 0.25) is 0 Å². The van der Waals surface area contributed by atoms with Gasteiger partial charge in [-0.2, -0.15) is 5.10 Å². The molecule has 0 fully saturated rings. The molecule has 0 aliphatic carbocycles. The van der Waals surface area contributed by atoms with E-state index in [0.29, 0.717) is 0 Å². The van der Waals surface area contributed by atoms with Gasteiger partial charge in [0.25, 0.3) is 17.6 Å². The van der Waals surface area contributed by atoms with Gasteiger partial charge in [0, 0.05) is 79.1 Å². The molecule has 1 aromatic heterocycles. The number of esters is 1. The average Bonchev–Trinajstić information content (AvgIpc) is 3.50. The Kier molecular flexibility index (Phi) is 13.9. The molecular weight excluding hydrogens is 792 g/mol. The van der Waals surface area contributed by atoms with Crippen LogP contribution in [-0.2, 0) is 23.8 Å². The number of aromatic nitrogens is 1. The monoisotopic (exact) mass is 844 g/mol. The Balaban J connectivity index is 1.70. The van der Waals surface area contributed by atoms with Crippen LogP contribution in [0.25, 0.3) is 10.8 Å². The van der Waals surface area contributed by atoms with E-state index >= 15 is 0 Å². The molecule has 17 nitrogen and oxygen atoms in total. The number of aromatic hydroxyl groups is 3. The number of ether oxygens (including phenoxy) is 4. The fourth-order valence-corrected chi connectivity index (χ4v) is 7.60. The number of rotatable bonds is 5. The minimum Gasteiger partial charge on any atom is -0.507 e. The summed E-state index contributed by atoms with van der Waals surface area (Å²) in [5, 5.41) is 63.9. The second kappa shape index (κ2) is 18.5. The highest BCUT2D eigenvalue weighted by atomic mass is 16.7. The third-order valence-electron chi connectivity index (χ3n) is 11.3. The van der Waals surface area contributed by atoms with Crippen LogP contribution in [0.3, 0.4) is 0 Å². The Morgan fingerprint density at radius 2 is 1.62 bits per heavy atom. The number of benzene rings is 2. The van der Waals surface area contributed by atoms with Crippen LogP contribution in [-0.4, -0.2) is 97.6 Å². The molecule has 3 aliphatic heterocycles. The number of hydrogen-bond donors (Lipinski definition) is 7. The van der Waals surface area contributed by atoms with Crippen LogP contribution in [0.4, 0.5) is 5.69 Å². The van der Waals surface area contributed by atoms with Crippen molar-refractivity contribution in [2.24, 2.45) is 28.8 Å². The summed E-state index contributed by atoms with van der Waals surface area (Å²) in [4.78, 5) is 57.1. The summed E-state index contributed by atoms with van der Waals surface area (Å²) in [7, 11) is 1.41. The number of aliphatic hydroxyl groups is 2. The van der Waals surface area contributed by atoms with Crippen LogP contribution in [0.1, 0.15) is 80.3 Å². The first-order chi connectivity index (χ1) is 28.7. The van der Waals surface area contributed by atoms with Gasteiger partial charge in [0.05, 0.1) is 53.0 Å². The molecule has 3 aromatic rings. The minimum atomic E-state index is -2.11. The van der Waals surface area contributed by atoms with Gasteiger partial charge in [0.15, 0.2) is 5.75 Å². The first-order valence-electron chi connectivity index (χ1n) is 19.6. The second-order valence-corrected chi connectivity index (χ2v) is 15.6. The number of fused-ring (bicyclic) bond motifs is 14. The molecule has 61 heavy (non-hydrogen) atoms. The number of carbonyl (C=O) groups excluding carboxylic acids is 4. The van der Waals surface area contributed by atoms with E-state index in [1.54, 1.807) is 33.8 Å². The Hall–Kier alpha value is -6.30. The predicted octanol–water partition coefficient (Wildman–Crippen LogP) is 4.91.